The zero-order valence-electron chi connectivity index (χ0n) is 14.3. The smallest absolute Gasteiger partial charge is 0.224 e. The number of H-pyrrole nitrogens is 1. The van der Waals surface area contributed by atoms with Crippen LogP contribution in [0.4, 0.5) is 0 Å². The Labute approximate surface area is 133 Å². The first-order valence-corrected chi connectivity index (χ1v) is 8.15. The first kappa shape index (κ1) is 18.4. The highest BCUT2D eigenvalue weighted by Crippen LogP contribution is 2.16. The maximum absolute atomic E-state index is 12.1. The van der Waals surface area contributed by atoms with Gasteiger partial charge in [0, 0.05) is 18.8 Å². The van der Waals surface area contributed by atoms with Crippen LogP contribution in [0.3, 0.4) is 0 Å². The van der Waals surface area contributed by atoms with Crippen LogP contribution in [0.2, 0.25) is 0 Å². The second-order valence-electron chi connectivity index (χ2n) is 5.75. The Bertz CT molecular complexity index is 488. The van der Waals surface area contributed by atoms with Crippen molar-refractivity contribution in [1.82, 2.24) is 15.2 Å². The van der Waals surface area contributed by atoms with Crippen molar-refractivity contribution in [3.05, 3.63) is 22.5 Å². The third-order valence-corrected chi connectivity index (χ3v) is 3.92. The molecule has 5 heteroatoms. The molecule has 22 heavy (non-hydrogen) atoms. The van der Waals surface area contributed by atoms with Gasteiger partial charge >= 0.3 is 0 Å². The standard InChI is InChI=1S/C17H29N3O2/c1-5-8-20(9-6-2)10-7-18-17(22)11-15-13(3)16(12-21)19-14(15)4/h12,19H,5-11H2,1-4H3,(H,18,22). The fourth-order valence-electron chi connectivity index (χ4n) is 2.74. The Kier molecular flexibility index (Phi) is 7.88. The SMILES string of the molecule is CCCN(CCC)CCNC(=O)Cc1c(C)[nH]c(C=O)c1C. The molecule has 0 aliphatic rings. The highest BCUT2D eigenvalue weighted by molar-refractivity contribution is 5.82. The summed E-state index contributed by atoms with van der Waals surface area (Å²) in [4.78, 5) is 28.4. The molecule has 0 aromatic carbocycles. The van der Waals surface area contributed by atoms with Crippen LogP contribution < -0.4 is 5.32 Å². The molecular formula is C17H29N3O2. The summed E-state index contributed by atoms with van der Waals surface area (Å²) in [5.74, 6) is 0.00981. The lowest BCUT2D eigenvalue weighted by atomic mass is 10.1. The highest BCUT2D eigenvalue weighted by Gasteiger charge is 2.14. The summed E-state index contributed by atoms with van der Waals surface area (Å²) < 4.78 is 0. The third-order valence-electron chi connectivity index (χ3n) is 3.92. The molecule has 0 spiro atoms. The largest absolute Gasteiger partial charge is 0.356 e. The number of nitrogens with one attached hydrogen (secondary N) is 2. The molecule has 0 saturated carbocycles. The summed E-state index contributed by atoms with van der Waals surface area (Å²) in [5.41, 5.74) is 3.27. The molecule has 2 N–H and O–H groups in total. The number of hydrogen-bond donors (Lipinski definition) is 2. The van der Waals surface area contributed by atoms with Crippen LogP contribution in [-0.2, 0) is 11.2 Å². The molecule has 0 aliphatic carbocycles. The first-order valence-electron chi connectivity index (χ1n) is 8.15. The van der Waals surface area contributed by atoms with Crippen molar-refractivity contribution in [3.63, 3.8) is 0 Å². The maximum atomic E-state index is 12.1. The lowest BCUT2D eigenvalue weighted by molar-refractivity contribution is -0.120. The number of rotatable bonds is 10. The lowest BCUT2D eigenvalue weighted by Crippen LogP contribution is -2.36. The molecule has 124 valence electrons. The Hall–Kier alpha value is -1.62. The van der Waals surface area contributed by atoms with Gasteiger partial charge in [0.1, 0.15) is 0 Å². The predicted octanol–water partition coefficient (Wildman–Crippen LogP) is 2.22. The number of aryl methyl sites for hydroxylation is 1. The molecule has 0 unspecified atom stereocenters. The van der Waals surface area contributed by atoms with Gasteiger partial charge in [-0.1, -0.05) is 13.8 Å². The van der Waals surface area contributed by atoms with Gasteiger partial charge in [-0.3, -0.25) is 9.59 Å². The Morgan fingerprint density at radius 3 is 2.32 bits per heavy atom. The van der Waals surface area contributed by atoms with E-state index >= 15 is 0 Å². The lowest BCUT2D eigenvalue weighted by Gasteiger charge is -2.20. The van der Waals surface area contributed by atoms with Gasteiger partial charge in [0.15, 0.2) is 6.29 Å². The van der Waals surface area contributed by atoms with Gasteiger partial charge in [-0.15, -0.1) is 0 Å². The van der Waals surface area contributed by atoms with Crippen molar-refractivity contribution in [3.8, 4) is 0 Å². The summed E-state index contributed by atoms with van der Waals surface area (Å²) in [6.45, 7) is 11.8. The fraction of sp³-hybridized carbons (Fsp3) is 0.647. The predicted molar refractivity (Wildman–Crippen MR) is 89.4 cm³/mol. The Morgan fingerprint density at radius 2 is 1.82 bits per heavy atom. The van der Waals surface area contributed by atoms with Gasteiger partial charge in [0.25, 0.3) is 0 Å². The van der Waals surface area contributed by atoms with Crippen LogP contribution in [0.5, 0.6) is 0 Å². The highest BCUT2D eigenvalue weighted by atomic mass is 16.1. The van der Waals surface area contributed by atoms with Crippen molar-refractivity contribution in [2.75, 3.05) is 26.2 Å². The van der Waals surface area contributed by atoms with Gasteiger partial charge in [0.05, 0.1) is 12.1 Å². The molecule has 0 fully saturated rings. The summed E-state index contributed by atoms with van der Waals surface area (Å²) in [7, 11) is 0. The van der Waals surface area contributed by atoms with E-state index in [0.717, 1.165) is 55.6 Å². The molecule has 0 atom stereocenters. The van der Waals surface area contributed by atoms with Crippen LogP contribution in [0.15, 0.2) is 0 Å². The summed E-state index contributed by atoms with van der Waals surface area (Å²) in [6, 6.07) is 0. The molecule has 0 aliphatic heterocycles. The topological polar surface area (TPSA) is 65.2 Å². The molecule has 5 nitrogen and oxygen atoms in total. The summed E-state index contributed by atoms with van der Waals surface area (Å²) >= 11 is 0. The number of hydrogen-bond acceptors (Lipinski definition) is 3. The van der Waals surface area contributed by atoms with E-state index in [1.165, 1.54) is 0 Å². The normalized spacial score (nSPS) is 11.0. The zero-order chi connectivity index (χ0) is 16.5. The average molecular weight is 307 g/mol. The van der Waals surface area contributed by atoms with E-state index in [0.29, 0.717) is 18.7 Å². The zero-order valence-corrected chi connectivity index (χ0v) is 14.3. The molecule has 1 aromatic rings. The minimum Gasteiger partial charge on any atom is -0.356 e. The van der Waals surface area contributed by atoms with E-state index in [2.05, 4.69) is 29.0 Å². The average Bonchev–Trinajstić information content (AvgIpc) is 2.75. The van der Waals surface area contributed by atoms with Crippen molar-refractivity contribution < 1.29 is 9.59 Å². The molecule has 0 saturated heterocycles. The van der Waals surface area contributed by atoms with Crippen LogP contribution >= 0.6 is 0 Å². The van der Waals surface area contributed by atoms with Gasteiger partial charge in [0.2, 0.25) is 5.91 Å². The molecule has 1 rings (SSSR count). The quantitative estimate of drug-likeness (QED) is 0.651. The number of carbonyl (C=O) groups excluding carboxylic acids is 2. The van der Waals surface area contributed by atoms with Crippen molar-refractivity contribution in [2.45, 2.75) is 47.0 Å². The summed E-state index contributed by atoms with van der Waals surface area (Å²) in [6.07, 6.45) is 3.38. The number of amides is 1. The van der Waals surface area contributed by atoms with Crippen LogP contribution in [0, 0.1) is 13.8 Å². The monoisotopic (exact) mass is 307 g/mol. The number of nitrogens with zero attached hydrogens (tertiary/aromatic N) is 1. The van der Waals surface area contributed by atoms with Crippen molar-refractivity contribution in [1.29, 1.82) is 0 Å². The number of aromatic nitrogens is 1. The second kappa shape index (κ2) is 9.41. The van der Waals surface area contributed by atoms with E-state index in [1.807, 2.05) is 13.8 Å². The third kappa shape index (κ3) is 5.30. The maximum Gasteiger partial charge on any atom is 0.224 e. The van der Waals surface area contributed by atoms with E-state index < -0.39 is 0 Å². The first-order chi connectivity index (χ1) is 10.5. The van der Waals surface area contributed by atoms with E-state index in [-0.39, 0.29) is 5.91 Å². The number of carbonyl (C=O) groups is 2. The molecule has 1 amide bonds. The van der Waals surface area contributed by atoms with Gasteiger partial charge < -0.3 is 15.2 Å². The minimum absolute atomic E-state index is 0.00981. The fourth-order valence-corrected chi connectivity index (χ4v) is 2.74. The van der Waals surface area contributed by atoms with Gasteiger partial charge in [-0.05, 0) is 50.9 Å². The minimum atomic E-state index is 0.00981. The number of aldehydes is 1. The van der Waals surface area contributed by atoms with Crippen molar-refractivity contribution in [2.24, 2.45) is 0 Å². The van der Waals surface area contributed by atoms with Crippen LogP contribution in [0.1, 0.15) is 54.0 Å². The van der Waals surface area contributed by atoms with E-state index in [1.54, 1.807) is 0 Å². The molecule has 1 aromatic heterocycles. The van der Waals surface area contributed by atoms with Crippen LogP contribution in [0.25, 0.3) is 0 Å². The van der Waals surface area contributed by atoms with Gasteiger partial charge in [-0.2, -0.15) is 0 Å². The van der Waals surface area contributed by atoms with E-state index in [4.69, 9.17) is 0 Å². The Balaban J connectivity index is 2.46. The van der Waals surface area contributed by atoms with E-state index in [9.17, 15) is 9.59 Å². The molecular weight excluding hydrogens is 278 g/mol. The second-order valence-corrected chi connectivity index (χ2v) is 5.75. The Morgan fingerprint density at radius 1 is 1.18 bits per heavy atom. The molecule has 0 radical (unpaired) electrons. The van der Waals surface area contributed by atoms with Gasteiger partial charge in [-0.25, -0.2) is 0 Å². The molecule has 1 heterocycles. The van der Waals surface area contributed by atoms with Crippen molar-refractivity contribution >= 4 is 12.2 Å². The number of aromatic amines is 1. The molecule has 0 bridgehead atoms. The summed E-state index contributed by atoms with van der Waals surface area (Å²) in [5, 5.41) is 2.98. The van der Waals surface area contributed by atoms with Crippen LogP contribution in [-0.4, -0.2) is 48.3 Å².